The van der Waals surface area contributed by atoms with Crippen molar-refractivity contribution < 1.29 is 5.22 Å². The molecule has 52 valence electrons. The number of hydrazine groups is 1. The van der Waals surface area contributed by atoms with Gasteiger partial charge in [0.15, 0.2) is 0 Å². The predicted molar refractivity (Wildman–Crippen MR) is 32.5 cm³/mol. The van der Waals surface area contributed by atoms with Crippen molar-refractivity contribution in [3.05, 3.63) is 18.2 Å². The lowest BCUT2D eigenvalue weighted by Gasteiger charge is -2.04. The summed E-state index contributed by atoms with van der Waals surface area (Å²) in [7, 11) is 0. The standard InChI is InChI=1S/C3H3ClN6/c4-10(9-5)3-7-1-6-2-8-3/h1-2,9H. The molecule has 0 aromatic carbocycles. The van der Waals surface area contributed by atoms with E-state index in [0.717, 1.165) is 4.53 Å². The van der Waals surface area contributed by atoms with E-state index in [2.05, 4.69) is 15.0 Å². The molecule has 7 heteroatoms. The molecule has 0 atom stereocenters. The van der Waals surface area contributed by atoms with Gasteiger partial charge in [0, 0.05) is 0 Å². The Morgan fingerprint density at radius 3 is 2.60 bits per heavy atom. The maximum absolute atomic E-state index is 8.23. The van der Waals surface area contributed by atoms with Crippen LogP contribution < -0.4 is 9.75 Å². The fourth-order valence-corrected chi connectivity index (χ4v) is 0.466. The molecule has 0 unspecified atom stereocenters. The first kappa shape index (κ1) is 6.81. The van der Waals surface area contributed by atoms with Gasteiger partial charge < -0.3 is 0 Å². The molecule has 1 rings (SSSR count). The molecule has 6 nitrogen and oxygen atoms in total. The van der Waals surface area contributed by atoms with Gasteiger partial charge in [0.2, 0.25) is 5.95 Å². The fourth-order valence-electron chi connectivity index (χ4n) is 0.379. The minimum atomic E-state index is 0.124. The summed E-state index contributed by atoms with van der Waals surface area (Å²) >= 11 is 5.31. The van der Waals surface area contributed by atoms with E-state index in [1.54, 1.807) is 5.22 Å². The lowest BCUT2D eigenvalue weighted by molar-refractivity contribution is -0.476. The van der Waals surface area contributed by atoms with Crippen LogP contribution in [0.15, 0.2) is 12.7 Å². The smallest absolute Gasteiger partial charge is 0.210 e. The molecule has 1 aromatic rings. The summed E-state index contributed by atoms with van der Waals surface area (Å²) < 4.78 is 0.724. The Hall–Kier alpha value is -1.30. The Labute approximate surface area is 61.5 Å². The molecule has 0 aliphatic heterocycles. The van der Waals surface area contributed by atoms with E-state index in [1.165, 1.54) is 12.7 Å². The summed E-state index contributed by atoms with van der Waals surface area (Å²) in [6.07, 6.45) is 2.52. The second-order valence-electron chi connectivity index (χ2n) is 1.32. The number of halogens is 1. The summed E-state index contributed by atoms with van der Waals surface area (Å²) in [4.78, 5) is 10.7. The third-order valence-electron chi connectivity index (χ3n) is 0.743. The van der Waals surface area contributed by atoms with Gasteiger partial charge in [-0.05, 0) is 11.8 Å². The van der Waals surface area contributed by atoms with Gasteiger partial charge in [-0.1, -0.05) is 0 Å². The van der Waals surface area contributed by atoms with Crippen molar-refractivity contribution in [2.45, 2.75) is 0 Å². The van der Waals surface area contributed by atoms with Crippen LogP contribution in [0.5, 0.6) is 0 Å². The first-order valence-corrected chi connectivity index (χ1v) is 2.66. The van der Waals surface area contributed by atoms with Gasteiger partial charge >= 0.3 is 0 Å². The Bertz CT molecular complexity index is 211. The highest BCUT2D eigenvalue weighted by Gasteiger charge is 1.97. The van der Waals surface area contributed by atoms with E-state index < -0.39 is 0 Å². The number of nitrogens with zero attached hydrogens (tertiary/aromatic N) is 5. The van der Waals surface area contributed by atoms with Gasteiger partial charge in [-0.25, -0.2) is 15.0 Å². The van der Waals surface area contributed by atoms with Crippen molar-refractivity contribution in [1.82, 2.24) is 15.0 Å². The second kappa shape index (κ2) is 3.02. The monoisotopic (exact) mass is 158 g/mol. The number of hydrogen-bond donors (Lipinski definition) is 1. The Morgan fingerprint density at radius 2 is 2.10 bits per heavy atom. The first-order chi connectivity index (χ1) is 4.84. The average Bonchev–Trinajstić information content (AvgIpc) is 2.05. The van der Waals surface area contributed by atoms with Gasteiger partial charge in [-0.2, -0.15) is 10.8 Å². The highest BCUT2D eigenvalue weighted by atomic mass is 35.5. The molecule has 1 aromatic heterocycles. The average molecular weight is 159 g/mol. The lowest BCUT2D eigenvalue weighted by atomic mass is 11.0. The predicted octanol–water partition coefficient (Wildman–Crippen LogP) is -1.15. The van der Waals surface area contributed by atoms with Crippen LogP contribution >= 0.6 is 11.8 Å². The molecule has 0 aliphatic rings. The minimum Gasteiger partial charge on any atom is -0.225 e. The summed E-state index contributed by atoms with van der Waals surface area (Å²) in [5.41, 5.74) is 8.23. The first-order valence-electron chi connectivity index (χ1n) is 2.32. The minimum absolute atomic E-state index is 0.124. The number of hydrogen-bond acceptors (Lipinski definition) is 3. The molecule has 1 heterocycles. The molecule has 1 N–H and O–H groups in total. The molecule has 0 fully saturated rings. The van der Waals surface area contributed by atoms with Crippen molar-refractivity contribution >= 4 is 17.7 Å². The zero-order valence-corrected chi connectivity index (χ0v) is 5.52. The largest absolute Gasteiger partial charge is 0.225 e. The van der Waals surface area contributed by atoms with Crippen LogP contribution in [0, 0.1) is 0 Å². The Morgan fingerprint density at radius 1 is 1.50 bits per heavy atom. The number of rotatable bonds is 2. The molecule has 10 heavy (non-hydrogen) atoms. The van der Waals surface area contributed by atoms with Crippen molar-refractivity contribution in [1.29, 1.82) is 0 Å². The highest BCUT2D eigenvalue weighted by molar-refractivity contribution is 6.23. The van der Waals surface area contributed by atoms with Crippen LogP contribution in [-0.2, 0) is 0 Å². The second-order valence-corrected chi connectivity index (χ2v) is 1.66. The molecule has 0 saturated heterocycles. The molecular formula is C3H3ClN6. The molecule has 0 aliphatic carbocycles. The topological polar surface area (TPSA) is 78.2 Å². The van der Waals surface area contributed by atoms with E-state index in [4.69, 9.17) is 17.3 Å². The molecule has 0 spiro atoms. The molecule has 0 radical (unpaired) electrons. The maximum atomic E-state index is 8.23. The van der Waals surface area contributed by atoms with Crippen LogP contribution in [0.25, 0.3) is 5.53 Å². The SMILES string of the molecule is [N-]=[NH+]N(Cl)c1ncncn1. The van der Waals surface area contributed by atoms with Gasteiger partial charge in [0.25, 0.3) is 0 Å². The molecule has 0 saturated carbocycles. The molecular weight excluding hydrogens is 156 g/mol. The molecule has 0 amide bonds. The number of aromatic nitrogens is 3. The van der Waals surface area contributed by atoms with E-state index in [1.807, 2.05) is 0 Å². The maximum Gasteiger partial charge on any atom is 0.210 e. The summed E-state index contributed by atoms with van der Waals surface area (Å²) in [5.74, 6) is 0.124. The Balaban J connectivity index is 2.84. The normalized spacial score (nSPS) is 8.90. The van der Waals surface area contributed by atoms with Crippen LogP contribution in [-0.4, -0.2) is 15.0 Å². The number of nitrogens with one attached hydrogen (secondary N) is 1. The van der Waals surface area contributed by atoms with Gasteiger partial charge in [0.05, 0.1) is 0 Å². The third-order valence-corrected chi connectivity index (χ3v) is 0.970. The Kier molecular flexibility index (Phi) is 2.06. The van der Waals surface area contributed by atoms with Crippen molar-refractivity contribution in [2.24, 2.45) is 0 Å². The van der Waals surface area contributed by atoms with Crippen LogP contribution in [0.2, 0.25) is 0 Å². The van der Waals surface area contributed by atoms with Crippen molar-refractivity contribution in [3.63, 3.8) is 0 Å². The van der Waals surface area contributed by atoms with Crippen LogP contribution in [0.3, 0.4) is 0 Å². The van der Waals surface area contributed by atoms with Crippen LogP contribution in [0.4, 0.5) is 5.95 Å². The van der Waals surface area contributed by atoms with Crippen molar-refractivity contribution in [3.8, 4) is 0 Å². The number of anilines is 1. The lowest BCUT2D eigenvalue weighted by Crippen LogP contribution is -2.74. The van der Waals surface area contributed by atoms with E-state index in [9.17, 15) is 0 Å². The van der Waals surface area contributed by atoms with E-state index in [0.29, 0.717) is 0 Å². The summed E-state index contributed by atoms with van der Waals surface area (Å²) in [6, 6.07) is 0. The van der Waals surface area contributed by atoms with Gasteiger partial charge in [-0.15, -0.1) is 4.53 Å². The van der Waals surface area contributed by atoms with Crippen molar-refractivity contribution in [2.75, 3.05) is 4.53 Å². The summed E-state index contributed by atoms with van der Waals surface area (Å²) in [6.45, 7) is 0. The summed E-state index contributed by atoms with van der Waals surface area (Å²) in [5, 5.41) is 1.63. The highest BCUT2D eigenvalue weighted by Crippen LogP contribution is 1.97. The zero-order valence-electron chi connectivity index (χ0n) is 4.77. The van der Waals surface area contributed by atoms with Crippen LogP contribution in [0.1, 0.15) is 0 Å². The zero-order chi connectivity index (χ0) is 7.40. The van der Waals surface area contributed by atoms with E-state index >= 15 is 0 Å². The van der Waals surface area contributed by atoms with E-state index in [-0.39, 0.29) is 5.95 Å². The quantitative estimate of drug-likeness (QED) is 0.335. The molecule has 0 bridgehead atoms. The van der Waals surface area contributed by atoms with Gasteiger partial charge in [-0.3, -0.25) is 0 Å². The fraction of sp³-hybridized carbons (Fsp3) is 0. The third kappa shape index (κ3) is 1.35. The van der Waals surface area contributed by atoms with Gasteiger partial charge in [0.1, 0.15) is 12.7 Å².